The van der Waals surface area contributed by atoms with Gasteiger partial charge in [0.2, 0.25) is 0 Å². The molecule has 0 aromatic heterocycles. The average molecular weight is 271 g/mol. The summed E-state index contributed by atoms with van der Waals surface area (Å²) in [4.78, 5) is 23.6. The first kappa shape index (κ1) is 13.1. The average Bonchev–Trinajstić information content (AvgIpc) is 2.65. The molecular formula is C12H8F3NO3. The van der Waals surface area contributed by atoms with Crippen LogP contribution in [0.3, 0.4) is 0 Å². The van der Waals surface area contributed by atoms with Gasteiger partial charge in [-0.2, -0.15) is 13.2 Å². The molecule has 7 heteroatoms. The molecule has 1 aromatic rings. The quantitative estimate of drug-likeness (QED) is 0.773. The van der Waals surface area contributed by atoms with Crippen LogP contribution in [0.2, 0.25) is 0 Å². The molecule has 0 bridgehead atoms. The fourth-order valence-corrected chi connectivity index (χ4v) is 1.65. The SMILES string of the molecule is COc1ccc(N2C(=O)C=C(C(F)(F)F)C2=O)cc1. The number of carbonyl (C=O) groups is 2. The van der Waals surface area contributed by atoms with Crippen LogP contribution in [0.1, 0.15) is 0 Å². The number of carbonyl (C=O) groups excluding carboxylic acids is 2. The van der Waals surface area contributed by atoms with Crippen molar-refractivity contribution < 1.29 is 27.5 Å². The lowest BCUT2D eigenvalue weighted by Gasteiger charge is -2.15. The molecule has 0 spiro atoms. The standard InChI is InChI=1S/C12H8F3NO3/c1-19-8-4-2-7(3-5-8)16-10(17)6-9(11(16)18)12(13,14)15/h2-6H,1H3. The van der Waals surface area contributed by atoms with E-state index in [9.17, 15) is 22.8 Å². The highest BCUT2D eigenvalue weighted by Crippen LogP contribution is 2.33. The molecule has 0 unspecified atom stereocenters. The Bertz CT molecular complexity index is 561. The molecular weight excluding hydrogens is 263 g/mol. The number of hydrogen-bond donors (Lipinski definition) is 0. The minimum atomic E-state index is -4.84. The zero-order valence-electron chi connectivity index (χ0n) is 9.69. The van der Waals surface area contributed by atoms with Crippen molar-refractivity contribution in [2.45, 2.75) is 6.18 Å². The zero-order chi connectivity index (χ0) is 14.2. The van der Waals surface area contributed by atoms with Crippen molar-refractivity contribution in [2.75, 3.05) is 12.0 Å². The topological polar surface area (TPSA) is 46.6 Å². The van der Waals surface area contributed by atoms with Gasteiger partial charge in [-0.3, -0.25) is 9.59 Å². The van der Waals surface area contributed by atoms with Crippen LogP contribution in [0.25, 0.3) is 0 Å². The number of halogens is 3. The van der Waals surface area contributed by atoms with Crippen LogP contribution < -0.4 is 9.64 Å². The Morgan fingerprint density at radius 2 is 1.68 bits per heavy atom. The molecule has 19 heavy (non-hydrogen) atoms. The predicted octanol–water partition coefficient (Wildman–Crippen LogP) is 2.06. The summed E-state index contributed by atoms with van der Waals surface area (Å²) in [6.07, 6.45) is -4.54. The van der Waals surface area contributed by atoms with E-state index in [2.05, 4.69) is 0 Å². The first-order valence-corrected chi connectivity index (χ1v) is 5.16. The number of benzene rings is 1. The van der Waals surface area contributed by atoms with Crippen molar-refractivity contribution in [3.05, 3.63) is 35.9 Å². The first-order chi connectivity index (χ1) is 8.84. The minimum Gasteiger partial charge on any atom is -0.497 e. The Morgan fingerprint density at radius 1 is 1.11 bits per heavy atom. The zero-order valence-corrected chi connectivity index (χ0v) is 9.69. The van der Waals surface area contributed by atoms with Gasteiger partial charge in [0.05, 0.1) is 12.8 Å². The molecule has 0 saturated heterocycles. The molecule has 0 atom stereocenters. The number of nitrogens with zero attached hydrogens (tertiary/aromatic N) is 1. The van der Waals surface area contributed by atoms with Crippen molar-refractivity contribution in [1.82, 2.24) is 0 Å². The molecule has 0 fully saturated rings. The van der Waals surface area contributed by atoms with Crippen molar-refractivity contribution >= 4 is 17.5 Å². The van der Waals surface area contributed by atoms with Gasteiger partial charge in [0.15, 0.2) is 0 Å². The Kier molecular flexibility index (Phi) is 3.05. The Labute approximate surface area is 106 Å². The fourth-order valence-electron chi connectivity index (χ4n) is 1.65. The van der Waals surface area contributed by atoms with Gasteiger partial charge in [0, 0.05) is 6.08 Å². The number of imide groups is 1. The van der Waals surface area contributed by atoms with E-state index in [4.69, 9.17) is 4.74 Å². The molecule has 0 aliphatic carbocycles. The Morgan fingerprint density at radius 3 is 2.11 bits per heavy atom. The monoisotopic (exact) mass is 271 g/mol. The van der Waals surface area contributed by atoms with E-state index in [-0.39, 0.29) is 5.69 Å². The van der Waals surface area contributed by atoms with Crippen LogP contribution in [0, 0.1) is 0 Å². The molecule has 100 valence electrons. The van der Waals surface area contributed by atoms with Gasteiger partial charge in [-0.15, -0.1) is 0 Å². The van der Waals surface area contributed by atoms with Gasteiger partial charge in [0.25, 0.3) is 11.8 Å². The summed E-state index contributed by atoms with van der Waals surface area (Å²) in [7, 11) is 1.42. The van der Waals surface area contributed by atoms with E-state index in [1.165, 1.54) is 31.4 Å². The maximum atomic E-state index is 12.5. The van der Waals surface area contributed by atoms with Crippen LogP contribution in [-0.2, 0) is 9.59 Å². The summed E-state index contributed by atoms with van der Waals surface area (Å²) in [5.74, 6) is -1.92. The van der Waals surface area contributed by atoms with E-state index in [0.29, 0.717) is 16.7 Å². The second kappa shape index (κ2) is 4.42. The lowest BCUT2D eigenvalue weighted by molar-refractivity contribution is -0.128. The molecule has 0 radical (unpaired) electrons. The molecule has 2 rings (SSSR count). The maximum absolute atomic E-state index is 12.5. The highest BCUT2D eigenvalue weighted by Gasteiger charge is 2.47. The second-order valence-corrected chi connectivity index (χ2v) is 3.73. The Hall–Kier alpha value is -2.31. The molecule has 1 heterocycles. The van der Waals surface area contributed by atoms with Gasteiger partial charge in [-0.05, 0) is 24.3 Å². The summed E-state index contributed by atoms with van der Waals surface area (Å²) >= 11 is 0. The summed E-state index contributed by atoms with van der Waals surface area (Å²) in [5.41, 5.74) is -1.40. The number of hydrogen-bond acceptors (Lipinski definition) is 3. The van der Waals surface area contributed by atoms with E-state index in [1.54, 1.807) is 0 Å². The van der Waals surface area contributed by atoms with Gasteiger partial charge < -0.3 is 4.74 Å². The molecule has 1 aliphatic heterocycles. The number of rotatable bonds is 2. The summed E-state index contributed by atoms with van der Waals surface area (Å²) in [5, 5.41) is 0. The smallest absolute Gasteiger partial charge is 0.421 e. The largest absolute Gasteiger partial charge is 0.497 e. The number of ether oxygens (including phenoxy) is 1. The number of alkyl halides is 3. The van der Waals surface area contributed by atoms with Crippen LogP contribution in [-0.4, -0.2) is 25.1 Å². The fraction of sp³-hybridized carbons (Fsp3) is 0.167. The maximum Gasteiger partial charge on any atom is 0.421 e. The van der Waals surface area contributed by atoms with E-state index < -0.39 is 23.6 Å². The normalized spacial score (nSPS) is 15.8. The van der Waals surface area contributed by atoms with Crippen molar-refractivity contribution in [3.8, 4) is 5.75 Å². The summed E-state index contributed by atoms with van der Waals surface area (Å²) in [6, 6.07) is 5.56. The molecule has 0 saturated carbocycles. The van der Waals surface area contributed by atoms with E-state index in [0.717, 1.165) is 0 Å². The number of amides is 2. The van der Waals surface area contributed by atoms with Crippen molar-refractivity contribution in [2.24, 2.45) is 0 Å². The van der Waals surface area contributed by atoms with Crippen molar-refractivity contribution in [3.63, 3.8) is 0 Å². The van der Waals surface area contributed by atoms with Crippen molar-refractivity contribution in [1.29, 1.82) is 0 Å². The third kappa shape index (κ3) is 2.31. The van der Waals surface area contributed by atoms with Crippen LogP contribution in [0.4, 0.5) is 18.9 Å². The molecule has 1 aliphatic rings. The van der Waals surface area contributed by atoms with Crippen LogP contribution >= 0.6 is 0 Å². The molecule has 4 nitrogen and oxygen atoms in total. The highest BCUT2D eigenvalue weighted by molar-refractivity contribution is 6.31. The number of methoxy groups -OCH3 is 1. The summed E-state index contributed by atoms with van der Waals surface area (Å²) < 4.78 is 42.4. The van der Waals surface area contributed by atoms with Crippen LogP contribution in [0.5, 0.6) is 5.75 Å². The predicted molar refractivity (Wildman–Crippen MR) is 59.6 cm³/mol. The second-order valence-electron chi connectivity index (χ2n) is 3.73. The van der Waals surface area contributed by atoms with E-state index in [1.807, 2.05) is 0 Å². The lowest BCUT2D eigenvalue weighted by atomic mass is 10.2. The Balaban J connectivity index is 2.33. The third-order valence-electron chi connectivity index (χ3n) is 2.56. The van der Waals surface area contributed by atoms with E-state index >= 15 is 0 Å². The first-order valence-electron chi connectivity index (χ1n) is 5.16. The lowest BCUT2D eigenvalue weighted by Crippen LogP contribution is -2.33. The van der Waals surface area contributed by atoms with Gasteiger partial charge >= 0.3 is 6.18 Å². The van der Waals surface area contributed by atoms with Gasteiger partial charge in [0.1, 0.15) is 11.3 Å². The van der Waals surface area contributed by atoms with Gasteiger partial charge in [-0.25, -0.2) is 4.90 Å². The number of anilines is 1. The minimum absolute atomic E-state index is 0.0614. The molecule has 2 amide bonds. The summed E-state index contributed by atoms with van der Waals surface area (Å²) in [6.45, 7) is 0. The molecule has 0 N–H and O–H groups in total. The third-order valence-corrected chi connectivity index (χ3v) is 2.56. The highest BCUT2D eigenvalue weighted by atomic mass is 19.4. The van der Waals surface area contributed by atoms with Crippen LogP contribution in [0.15, 0.2) is 35.9 Å². The molecule has 1 aromatic carbocycles. The van der Waals surface area contributed by atoms with Gasteiger partial charge in [-0.1, -0.05) is 0 Å².